The Kier molecular flexibility index (Phi) is 5.84. The third-order valence-electron chi connectivity index (χ3n) is 6.15. The van der Waals surface area contributed by atoms with Crippen LogP contribution in [0.15, 0.2) is 39.8 Å². The van der Waals surface area contributed by atoms with Gasteiger partial charge in [0.1, 0.15) is 0 Å². The monoisotopic (exact) mass is 486 g/mol. The molecule has 2 fully saturated rings. The number of nitrogens with zero attached hydrogens (tertiary/aromatic N) is 3. The number of hydrogen-bond acceptors (Lipinski definition) is 7. The third-order valence-corrected chi connectivity index (χ3v) is 9.32. The number of benzene rings is 1. The van der Waals surface area contributed by atoms with E-state index in [9.17, 15) is 13.2 Å². The number of nitrogens with one attached hydrogen (secondary N) is 1. The number of rotatable bonds is 6. The summed E-state index contributed by atoms with van der Waals surface area (Å²) in [6.45, 7) is 4.33. The second-order valence-corrected chi connectivity index (χ2v) is 12.0. The van der Waals surface area contributed by atoms with Crippen LogP contribution >= 0.6 is 11.3 Å². The Bertz CT molecular complexity index is 1280. The van der Waals surface area contributed by atoms with Gasteiger partial charge in [-0.15, -0.1) is 11.3 Å². The predicted octanol–water partition coefficient (Wildman–Crippen LogP) is 4.33. The van der Waals surface area contributed by atoms with Gasteiger partial charge in [-0.25, -0.2) is 8.42 Å². The first kappa shape index (κ1) is 22.2. The zero-order valence-electron chi connectivity index (χ0n) is 18.6. The molecule has 1 aliphatic carbocycles. The molecule has 0 unspecified atom stereocenters. The van der Waals surface area contributed by atoms with Gasteiger partial charge in [-0.1, -0.05) is 22.9 Å². The topological polar surface area (TPSA) is 105 Å². The average molecular weight is 487 g/mol. The van der Waals surface area contributed by atoms with E-state index in [1.165, 1.54) is 15.6 Å². The van der Waals surface area contributed by atoms with E-state index in [0.29, 0.717) is 46.8 Å². The van der Waals surface area contributed by atoms with E-state index >= 15 is 0 Å². The molecule has 174 valence electrons. The van der Waals surface area contributed by atoms with Crippen LogP contribution in [0.2, 0.25) is 0 Å². The fourth-order valence-corrected chi connectivity index (χ4v) is 7.07. The number of amides is 1. The maximum atomic E-state index is 13.5. The number of aryl methyl sites for hydroxylation is 2. The summed E-state index contributed by atoms with van der Waals surface area (Å²) >= 11 is 1.34. The van der Waals surface area contributed by atoms with E-state index in [1.54, 1.807) is 13.0 Å². The summed E-state index contributed by atoms with van der Waals surface area (Å²) in [5.74, 6) is 0.846. The van der Waals surface area contributed by atoms with Gasteiger partial charge in [-0.2, -0.15) is 9.29 Å². The van der Waals surface area contributed by atoms with Crippen molar-refractivity contribution in [2.75, 3.05) is 18.4 Å². The lowest BCUT2D eigenvalue weighted by molar-refractivity contribution is -0.120. The fourth-order valence-electron chi connectivity index (χ4n) is 4.06. The van der Waals surface area contributed by atoms with Crippen molar-refractivity contribution in [3.8, 4) is 10.7 Å². The summed E-state index contributed by atoms with van der Waals surface area (Å²) in [6, 6.07) is 9.21. The molecule has 5 rings (SSSR count). The van der Waals surface area contributed by atoms with E-state index in [0.717, 1.165) is 24.1 Å². The summed E-state index contributed by atoms with van der Waals surface area (Å²) in [5.41, 5.74) is 1.83. The molecule has 0 spiro atoms. The molecule has 1 aromatic carbocycles. The molecule has 1 atom stereocenters. The van der Waals surface area contributed by atoms with Crippen LogP contribution in [0.25, 0.3) is 10.7 Å². The highest BCUT2D eigenvalue weighted by molar-refractivity contribution is 7.89. The first-order valence-corrected chi connectivity index (χ1v) is 13.4. The maximum Gasteiger partial charge on any atom is 0.244 e. The van der Waals surface area contributed by atoms with Gasteiger partial charge in [-0.3, -0.25) is 4.79 Å². The van der Waals surface area contributed by atoms with Crippen LogP contribution in [0.4, 0.5) is 5.69 Å². The molecule has 3 aromatic rings. The number of thiophene rings is 1. The van der Waals surface area contributed by atoms with E-state index in [1.807, 2.05) is 31.2 Å². The van der Waals surface area contributed by atoms with E-state index in [-0.39, 0.29) is 17.3 Å². The highest BCUT2D eigenvalue weighted by Crippen LogP contribution is 2.41. The molecule has 0 bridgehead atoms. The number of aromatic nitrogens is 2. The summed E-state index contributed by atoms with van der Waals surface area (Å²) < 4.78 is 33.7. The van der Waals surface area contributed by atoms with Gasteiger partial charge < -0.3 is 9.84 Å². The molecule has 1 aliphatic heterocycles. The molecule has 33 heavy (non-hydrogen) atoms. The normalized spacial score (nSPS) is 19.5. The van der Waals surface area contributed by atoms with Crippen LogP contribution < -0.4 is 5.32 Å². The molecular weight excluding hydrogens is 460 g/mol. The van der Waals surface area contributed by atoms with Crippen molar-refractivity contribution in [2.24, 2.45) is 5.92 Å². The fraction of sp³-hybridized carbons (Fsp3) is 0.435. The molecular formula is C23H26N4O4S2. The number of carbonyl (C=O) groups is 1. The smallest absolute Gasteiger partial charge is 0.244 e. The zero-order valence-corrected chi connectivity index (χ0v) is 20.2. The van der Waals surface area contributed by atoms with Crippen molar-refractivity contribution in [1.29, 1.82) is 0 Å². The van der Waals surface area contributed by atoms with Gasteiger partial charge in [0.2, 0.25) is 27.6 Å². The Morgan fingerprint density at radius 1 is 1.18 bits per heavy atom. The highest BCUT2D eigenvalue weighted by atomic mass is 32.2. The second kappa shape index (κ2) is 8.66. The SMILES string of the molecule is Cc1ccc(NC(=O)[C@H]2CCCN(S(=O)(=O)c3cc(-c4noc(C5CC5)n4)sc3C)C2)cc1. The summed E-state index contributed by atoms with van der Waals surface area (Å²) in [7, 11) is -3.74. The van der Waals surface area contributed by atoms with Gasteiger partial charge in [0, 0.05) is 29.6 Å². The van der Waals surface area contributed by atoms with Crippen molar-refractivity contribution in [3.63, 3.8) is 0 Å². The van der Waals surface area contributed by atoms with Gasteiger partial charge in [0.05, 0.1) is 15.7 Å². The molecule has 2 aromatic heterocycles. The van der Waals surface area contributed by atoms with Crippen LogP contribution in [0.5, 0.6) is 0 Å². The van der Waals surface area contributed by atoms with Crippen molar-refractivity contribution in [3.05, 3.63) is 46.7 Å². The highest BCUT2D eigenvalue weighted by Gasteiger charge is 2.35. The largest absolute Gasteiger partial charge is 0.339 e. The van der Waals surface area contributed by atoms with Crippen LogP contribution in [0, 0.1) is 19.8 Å². The molecule has 8 nitrogen and oxygen atoms in total. The van der Waals surface area contributed by atoms with Crippen LogP contribution in [-0.4, -0.2) is 41.9 Å². The van der Waals surface area contributed by atoms with E-state index in [4.69, 9.17) is 4.52 Å². The number of hydrogen-bond donors (Lipinski definition) is 1. The number of anilines is 1. The Morgan fingerprint density at radius 3 is 2.67 bits per heavy atom. The molecule has 1 amide bonds. The molecule has 3 heterocycles. The van der Waals surface area contributed by atoms with Crippen molar-refractivity contribution in [2.45, 2.75) is 50.3 Å². The molecule has 2 aliphatic rings. The summed E-state index contributed by atoms with van der Waals surface area (Å²) in [6.07, 6.45) is 3.40. The molecule has 1 N–H and O–H groups in total. The molecule has 1 saturated heterocycles. The summed E-state index contributed by atoms with van der Waals surface area (Å²) in [4.78, 5) is 18.9. The lowest BCUT2D eigenvalue weighted by atomic mass is 9.98. The standard InChI is InChI=1S/C23H26N4O4S2/c1-14-5-9-18(10-6-14)24-22(28)17-4-3-11-27(13-17)33(29,30)20-12-19(32-15(20)2)21-25-23(31-26-21)16-7-8-16/h5-6,9-10,12,16-17H,3-4,7-8,11,13H2,1-2H3,(H,24,28)/t17-/m0/s1. The first-order chi connectivity index (χ1) is 15.8. The van der Waals surface area contributed by atoms with Crippen LogP contribution in [0.1, 0.15) is 47.9 Å². The molecule has 10 heteroatoms. The summed E-state index contributed by atoms with van der Waals surface area (Å²) in [5, 5.41) is 6.96. The Balaban J connectivity index is 1.32. The van der Waals surface area contributed by atoms with Crippen molar-refractivity contribution < 1.29 is 17.7 Å². The number of piperidine rings is 1. The van der Waals surface area contributed by atoms with Gasteiger partial charge >= 0.3 is 0 Å². The van der Waals surface area contributed by atoms with Crippen molar-refractivity contribution >= 4 is 33.0 Å². The number of sulfonamides is 1. The van der Waals surface area contributed by atoms with Gasteiger partial charge in [0.25, 0.3) is 0 Å². The Labute approximate surface area is 197 Å². The van der Waals surface area contributed by atoms with Gasteiger partial charge in [0.15, 0.2) is 0 Å². The second-order valence-electron chi connectivity index (χ2n) is 8.82. The minimum absolute atomic E-state index is 0.152. The average Bonchev–Trinajstić information content (AvgIpc) is 3.39. The van der Waals surface area contributed by atoms with Crippen LogP contribution in [-0.2, 0) is 14.8 Å². The third kappa shape index (κ3) is 4.60. The van der Waals surface area contributed by atoms with Crippen molar-refractivity contribution in [1.82, 2.24) is 14.4 Å². The van der Waals surface area contributed by atoms with Crippen LogP contribution in [0.3, 0.4) is 0 Å². The maximum absolute atomic E-state index is 13.5. The minimum Gasteiger partial charge on any atom is -0.339 e. The minimum atomic E-state index is -3.74. The van der Waals surface area contributed by atoms with Gasteiger partial charge in [-0.05, 0) is 57.7 Å². The number of carbonyl (C=O) groups excluding carboxylic acids is 1. The lowest BCUT2D eigenvalue weighted by Crippen LogP contribution is -2.43. The quantitative estimate of drug-likeness (QED) is 0.556. The Hall–Kier alpha value is -2.56. The molecule has 0 radical (unpaired) electrons. The first-order valence-electron chi connectivity index (χ1n) is 11.1. The molecule has 1 saturated carbocycles. The van der Waals surface area contributed by atoms with E-state index < -0.39 is 15.9 Å². The van der Waals surface area contributed by atoms with E-state index in [2.05, 4.69) is 15.5 Å². The lowest BCUT2D eigenvalue weighted by Gasteiger charge is -2.31. The Morgan fingerprint density at radius 2 is 1.94 bits per heavy atom. The zero-order chi connectivity index (χ0) is 23.2. The predicted molar refractivity (Wildman–Crippen MR) is 126 cm³/mol.